The molecule has 26 nitrogen and oxygen atoms in total. The van der Waals surface area contributed by atoms with Gasteiger partial charge >= 0.3 is 0 Å². The zero-order valence-corrected chi connectivity index (χ0v) is 81.1. The normalized spacial score (nSPS) is 19.7. The van der Waals surface area contributed by atoms with E-state index < -0.39 is 0 Å². The van der Waals surface area contributed by atoms with Gasteiger partial charge in [0.15, 0.2) is 40.6 Å². The molecule has 5 aromatic carbocycles. The van der Waals surface area contributed by atoms with Crippen LogP contribution in [0.25, 0.3) is 56.9 Å². The smallest absolute Gasteiger partial charge is 0.221 e. The van der Waals surface area contributed by atoms with E-state index in [4.69, 9.17) is 55.5 Å². The van der Waals surface area contributed by atoms with Crippen LogP contribution < -0.4 is 48.8 Å². The van der Waals surface area contributed by atoms with Gasteiger partial charge in [-0.3, -0.25) is 4.79 Å². The van der Waals surface area contributed by atoms with E-state index >= 15 is 0 Å². The van der Waals surface area contributed by atoms with Crippen LogP contribution in [0.3, 0.4) is 0 Å². The Bertz CT molecular complexity index is 5010. The molecule has 32 heteroatoms. The molecule has 10 aliphatic heterocycles. The molecule has 10 fully saturated rings. The fourth-order valence-corrected chi connectivity index (χ4v) is 23.9. The molecule has 0 atom stereocenters. The number of nitrogens with one attached hydrogen (secondary N) is 1. The molecule has 1 N–H and O–H groups in total. The molecule has 129 heavy (non-hydrogen) atoms. The van der Waals surface area contributed by atoms with E-state index in [9.17, 15) is 4.79 Å². The predicted molar refractivity (Wildman–Crippen MR) is 530 cm³/mol. The minimum atomic E-state index is -0.0650. The van der Waals surface area contributed by atoms with E-state index in [1.165, 1.54) is 291 Å². The summed E-state index contributed by atoms with van der Waals surface area (Å²) in [7, 11) is 4.97. The standard InChI is InChI=1S/C20H27N5OS.C20H28N4O2S.C20H28N4OS.C19H26N4OS.C18H23ClN4S/c1-15(26)21-17-7-5-16(6-8-17)19-22-20(27-23-19)25-13-9-18(10-14-25)24-11-3-2-4-12-24;1-25-17-7-6-15(14-18(17)26-2)19-21-20(27-22-19)24-12-8-16(9-13-24)23-10-4-3-5-11-23;1-2-25-18-8-6-7-16(15-18)19-21-20(26-22-19)24-13-9-17(10-14-24)23-11-4-3-5-12-23;1-24-17-7-5-15(6-8-17)18-20-19(25-21-18)23-13-9-16(10-14-23)22-11-3-2-4-12-22;19-16-7-3-2-6-15(16)17-20-18(24-21-17)23-12-8-14(9-13-23)22-10-4-1-5-11-22/h5-8,18H,2-4,9-14H2,1H3,(H,21,26);6-7,14,16H,3-5,8-13H2,1-2H3;6-8,15,17H,2-5,9-14H2,1H3;5-8,16H,2-4,9-14H2,1H3;2-3,6-7,14H,1,4-5,8-13H2. The van der Waals surface area contributed by atoms with Gasteiger partial charge < -0.3 is 73.3 Å². The van der Waals surface area contributed by atoms with E-state index in [1.54, 1.807) is 21.3 Å². The number of methoxy groups -OCH3 is 3. The van der Waals surface area contributed by atoms with Gasteiger partial charge in [-0.05, 0) is 292 Å². The largest absolute Gasteiger partial charge is 0.497 e. The van der Waals surface area contributed by atoms with Crippen LogP contribution in [0.15, 0.2) is 115 Å². The van der Waals surface area contributed by atoms with Crippen molar-refractivity contribution in [3.63, 3.8) is 0 Å². The molecule has 0 saturated carbocycles. The third-order valence-corrected chi connectivity index (χ3v) is 31.5. The molecule has 10 aliphatic rings. The number of amides is 1. The lowest BCUT2D eigenvalue weighted by atomic mass is 10.0. The maximum Gasteiger partial charge on any atom is 0.221 e. The first-order chi connectivity index (χ1) is 63.4. The Labute approximate surface area is 789 Å². The summed E-state index contributed by atoms with van der Waals surface area (Å²) >= 11 is 13.8. The Morgan fingerprint density at radius 2 is 0.659 bits per heavy atom. The van der Waals surface area contributed by atoms with Crippen molar-refractivity contribution in [3.05, 3.63) is 120 Å². The summed E-state index contributed by atoms with van der Waals surface area (Å²) in [6.45, 7) is 27.9. The maximum atomic E-state index is 11.1. The number of hydrogen-bond donors (Lipinski definition) is 1. The number of carbonyl (C=O) groups excluding carboxylic acids is 1. The highest BCUT2D eigenvalue weighted by Gasteiger charge is 2.34. The number of piperidine rings is 10. The molecular weight excluding hydrogens is 1730 g/mol. The fraction of sp³-hybridized carbons (Fsp3) is 0.577. The Balaban J connectivity index is 0.000000118. The predicted octanol–water partition coefficient (Wildman–Crippen LogP) is 19.3. The van der Waals surface area contributed by atoms with Crippen molar-refractivity contribution >= 4 is 107 Å². The number of rotatable bonds is 21. The number of hydrogen-bond acceptors (Lipinski definition) is 30. The zero-order chi connectivity index (χ0) is 88.5. The van der Waals surface area contributed by atoms with Crippen LogP contribution >= 0.6 is 69.3 Å². The van der Waals surface area contributed by atoms with Gasteiger partial charge in [-0.1, -0.05) is 68.0 Å². The number of anilines is 6. The van der Waals surface area contributed by atoms with Crippen LogP contribution in [-0.4, -0.2) is 266 Å². The van der Waals surface area contributed by atoms with Crippen LogP contribution in [0.4, 0.5) is 31.3 Å². The van der Waals surface area contributed by atoms with E-state index in [0.717, 1.165) is 201 Å². The van der Waals surface area contributed by atoms with Crippen LogP contribution in [0.2, 0.25) is 5.02 Å². The third-order valence-electron chi connectivity index (χ3n) is 27.3. The number of benzene rings is 5. The van der Waals surface area contributed by atoms with Crippen molar-refractivity contribution in [2.45, 2.75) is 205 Å². The van der Waals surface area contributed by atoms with Crippen LogP contribution in [0, 0.1) is 0 Å². The number of aromatic nitrogens is 10. The van der Waals surface area contributed by atoms with E-state index in [2.05, 4.69) is 82.2 Å². The number of carbonyl (C=O) groups is 1. The summed E-state index contributed by atoms with van der Waals surface area (Å²) in [5.41, 5.74) is 5.73. The molecule has 1 amide bonds. The lowest BCUT2D eigenvalue weighted by Gasteiger charge is -2.40. The van der Waals surface area contributed by atoms with E-state index in [1.807, 2.05) is 116 Å². The topological polar surface area (TPSA) is 227 Å². The molecule has 0 spiro atoms. The van der Waals surface area contributed by atoms with Gasteiger partial charge in [0, 0.05) is 194 Å². The highest BCUT2D eigenvalue weighted by molar-refractivity contribution is 7.11. The van der Waals surface area contributed by atoms with Crippen molar-refractivity contribution in [1.82, 2.24) is 71.3 Å². The summed E-state index contributed by atoms with van der Waals surface area (Å²) in [5, 5.41) is 8.68. The van der Waals surface area contributed by atoms with Gasteiger partial charge in [-0.25, -0.2) is 0 Å². The Hall–Kier alpha value is -8.34. The van der Waals surface area contributed by atoms with Gasteiger partial charge in [-0.15, -0.1) is 0 Å². The van der Waals surface area contributed by atoms with Crippen LogP contribution in [-0.2, 0) is 4.79 Å². The first kappa shape index (κ1) is 93.9. The summed E-state index contributed by atoms with van der Waals surface area (Å²) in [6, 6.07) is 41.1. The van der Waals surface area contributed by atoms with E-state index in [-0.39, 0.29) is 5.91 Å². The number of ether oxygens (including phenoxy) is 4. The van der Waals surface area contributed by atoms with Gasteiger partial charge in [0.2, 0.25) is 31.6 Å². The fourth-order valence-electron chi connectivity index (χ4n) is 20.0. The molecule has 0 radical (unpaired) electrons. The molecule has 5 aromatic heterocycles. The number of halogens is 1. The first-order valence-electron chi connectivity index (χ1n) is 47.8. The highest BCUT2D eigenvalue weighted by Crippen LogP contribution is 2.39. The van der Waals surface area contributed by atoms with Gasteiger partial charge in [0.25, 0.3) is 0 Å². The Morgan fingerprint density at radius 3 is 0.992 bits per heavy atom. The van der Waals surface area contributed by atoms with Gasteiger partial charge in [-0.2, -0.15) is 46.8 Å². The maximum absolute atomic E-state index is 11.1. The molecule has 15 heterocycles. The third kappa shape index (κ3) is 25.7. The number of nitrogens with zero attached hydrogens (tertiary/aromatic N) is 20. The first-order valence-corrected chi connectivity index (χ1v) is 52.1. The Morgan fingerprint density at radius 1 is 0.341 bits per heavy atom. The van der Waals surface area contributed by atoms with Crippen LogP contribution in [0.1, 0.15) is 174 Å². The second-order valence-corrected chi connectivity index (χ2v) is 39.6. The summed E-state index contributed by atoms with van der Waals surface area (Å²) in [6.07, 6.45) is 33.1. The molecular formula is C97H132ClN21O5S5. The lowest BCUT2D eigenvalue weighted by Crippen LogP contribution is -2.46. The average molecular weight is 1870 g/mol. The SMILES string of the molecule is CC(=O)Nc1ccc(-c2nsc(N3CCC(N4CCCCC4)CC3)n2)cc1.CCOc1cccc(-c2nsc(N3CCC(N4CCCCC4)CC3)n2)c1.COc1ccc(-c2nsc(N3CCC(N4CCCCC4)CC3)n2)cc1.COc1ccc(-c2nsc(N3CCC(N4CCCCC4)CC3)n2)cc1OC.Clc1ccccc1-c1nsc(N2CCC(N3CCCCC3)CC2)n1. The Kier molecular flexibility index (Phi) is 34.8. The summed E-state index contributed by atoms with van der Waals surface area (Å²) < 4.78 is 44.3. The van der Waals surface area contributed by atoms with Gasteiger partial charge in [0.05, 0.1) is 33.0 Å². The van der Waals surface area contributed by atoms with Crippen LogP contribution in [0.5, 0.6) is 23.0 Å². The molecule has 20 rings (SSSR count). The van der Waals surface area contributed by atoms with E-state index in [0.29, 0.717) is 17.4 Å². The second-order valence-electron chi connectivity index (χ2n) is 35.6. The molecule has 0 unspecified atom stereocenters. The average Bonchev–Trinajstić information content (AvgIpc) is 2.18. The molecule has 10 saturated heterocycles. The monoisotopic (exact) mass is 1870 g/mol. The second kappa shape index (κ2) is 47.8. The minimum Gasteiger partial charge on any atom is -0.497 e. The molecule has 0 aliphatic carbocycles. The van der Waals surface area contributed by atoms with Crippen molar-refractivity contribution in [2.24, 2.45) is 0 Å². The zero-order valence-electron chi connectivity index (χ0n) is 76.3. The summed E-state index contributed by atoms with van der Waals surface area (Å²) in [5.74, 6) is 7.00. The molecule has 10 aromatic rings. The highest BCUT2D eigenvalue weighted by atomic mass is 35.5. The van der Waals surface area contributed by atoms with Gasteiger partial charge in [0.1, 0.15) is 11.5 Å². The van der Waals surface area contributed by atoms with Crippen molar-refractivity contribution in [1.29, 1.82) is 0 Å². The summed E-state index contributed by atoms with van der Waals surface area (Å²) in [4.78, 5) is 60.5. The minimum absolute atomic E-state index is 0.0650. The van der Waals surface area contributed by atoms with Crippen molar-refractivity contribution < 1.29 is 23.7 Å². The molecule has 692 valence electrons. The van der Waals surface area contributed by atoms with Crippen molar-refractivity contribution in [3.8, 4) is 79.9 Å². The molecule has 0 bridgehead atoms. The quantitative estimate of drug-likeness (QED) is 0.0705. The van der Waals surface area contributed by atoms with Crippen molar-refractivity contribution in [2.75, 3.05) is 189 Å². The number of likely N-dealkylation sites (tertiary alicyclic amines) is 5. The lowest BCUT2D eigenvalue weighted by molar-refractivity contribution is -0.114.